The molecule has 1 atom stereocenters. The molecule has 0 aromatic carbocycles. The van der Waals surface area contributed by atoms with Gasteiger partial charge < -0.3 is 4.74 Å². The Morgan fingerprint density at radius 2 is 2.06 bits per heavy atom. The van der Waals surface area contributed by atoms with Crippen LogP contribution >= 0.6 is 22.6 Å². The molecule has 0 saturated heterocycles. The molecule has 0 bridgehead atoms. The van der Waals surface area contributed by atoms with Crippen LogP contribution in [0.3, 0.4) is 0 Å². The van der Waals surface area contributed by atoms with Gasteiger partial charge in [0, 0.05) is 6.54 Å². The molecule has 0 amide bonds. The molecule has 5 nitrogen and oxygen atoms in total. The van der Waals surface area contributed by atoms with E-state index in [-0.39, 0.29) is 11.8 Å². The zero-order valence-corrected chi connectivity index (χ0v) is 12.1. The number of rotatable bonds is 5. The van der Waals surface area contributed by atoms with Crippen molar-refractivity contribution in [2.45, 2.75) is 34.9 Å². The van der Waals surface area contributed by atoms with Gasteiger partial charge in [-0.05, 0) is 12.8 Å². The van der Waals surface area contributed by atoms with Crippen LogP contribution in [0.1, 0.15) is 25.7 Å². The van der Waals surface area contributed by atoms with Gasteiger partial charge in [0.15, 0.2) is 0 Å². The number of carbonyl (C=O) groups excluding carboxylic acids is 1. The number of hydrogen-bond acceptors (Lipinski definition) is 4. The number of methoxy groups -OCH3 is 1. The molecular formula is C9H16INO4S. The SMILES string of the molecule is COC(=O)C(I)CNS(=O)(=O)C1CCCC1. The van der Waals surface area contributed by atoms with E-state index in [1.165, 1.54) is 7.11 Å². The highest BCUT2D eigenvalue weighted by atomic mass is 127. The molecule has 0 aliphatic heterocycles. The van der Waals surface area contributed by atoms with Crippen molar-refractivity contribution in [3.8, 4) is 0 Å². The smallest absolute Gasteiger partial charge is 0.319 e. The third-order valence-electron chi connectivity index (χ3n) is 2.66. The molecular weight excluding hydrogens is 345 g/mol. The van der Waals surface area contributed by atoms with Gasteiger partial charge in [0.05, 0.1) is 12.4 Å². The van der Waals surface area contributed by atoms with Crippen LogP contribution in [0.2, 0.25) is 0 Å². The van der Waals surface area contributed by atoms with E-state index in [2.05, 4.69) is 9.46 Å². The van der Waals surface area contributed by atoms with E-state index in [1.807, 2.05) is 22.6 Å². The highest BCUT2D eigenvalue weighted by Crippen LogP contribution is 2.23. The van der Waals surface area contributed by atoms with Gasteiger partial charge in [-0.2, -0.15) is 0 Å². The maximum absolute atomic E-state index is 11.8. The maximum Gasteiger partial charge on any atom is 0.319 e. The fourth-order valence-electron chi connectivity index (χ4n) is 1.72. The minimum Gasteiger partial charge on any atom is -0.468 e. The molecule has 1 saturated carbocycles. The molecule has 1 aliphatic carbocycles. The topological polar surface area (TPSA) is 72.5 Å². The lowest BCUT2D eigenvalue weighted by molar-refractivity contribution is -0.139. The molecule has 1 aliphatic rings. The van der Waals surface area contributed by atoms with E-state index in [1.54, 1.807) is 0 Å². The normalized spacial score (nSPS) is 19.6. The Hall–Kier alpha value is 0.110. The first-order chi connectivity index (χ1) is 7.47. The number of alkyl halides is 1. The Balaban J connectivity index is 2.44. The second-order valence-corrected chi connectivity index (χ2v) is 7.34. The molecule has 0 heterocycles. The third kappa shape index (κ3) is 3.85. The minimum absolute atomic E-state index is 0.103. The summed E-state index contributed by atoms with van der Waals surface area (Å²) in [7, 11) is -1.97. The fraction of sp³-hybridized carbons (Fsp3) is 0.889. The van der Waals surface area contributed by atoms with Crippen LogP contribution in [-0.4, -0.2) is 37.2 Å². The van der Waals surface area contributed by atoms with Gasteiger partial charge in [0.2, 0.25) is 10.0 Å². The quantitative estimate of drug-likeness (QED) is 0.447. The summed E-state index contributed by atoms with van der Waals surface area (Å²) in [6.07, 6.45) is 3.38. The highest BCUT2D eigenvalue weighted by Gasteiger charge is 2.29. The van der Waals surface area contributed by atoms with Crippen LogP contribution in [0.4, 0.5) is 0 Å². The molecule has 1 fully saturated rings. The van der Waals surface area contributed by atoms with Crippen LogP contribution in [0.5, 0.6) is 0 Å². The summed E-state index contributed by atoms with van der Waals surface area (Å²) in [6, 6.07) is 0. The van der Waals surface area contributed by atoms with Gasteiger partial charge in [0.1, 0.15) is 3.92 Å². The van der Waals surface area contributed by atoms with Crippen LogP contribution in [0.15, 0.2) is 0 Å². The number of nitrogens with one attached hydrogen (secondary N) is 1. The number of carbonyl (C=O) groups is 1. The monoisotopic (exact) mass is 361 g/mol. The minimum atomic E-state index is -3.26. The van der Waals surface area contributed by atoms with E-state index in [9.17, 15) is 13.2 Å². The van der Waals surface area contributed by atoms with E-state index in [0.29, 0.717) is 0 Å². The van der Waals surface area contributed by atoms with Gasteiger partial charge in [-0.3, -0.25) is 4.79 Å². The van der Waals surface area contributed by atoms with Crippen molar-refractivity contribution < 1.29 is 17.9 Å². The van der Waals surface area contributed by atoms with Gasteiger partial charge in [-0.1, -0.05) is 35.4 Å². The number of esters is 1. The average molecular weight is 361 g/mol. The van der Waals surface area contributed by atoms with Gasteiger partial charge in [-0.15, -0.1) is 0 Å². The lowest BCUT2D eigenvalue weighted by Crippen LogP contribution is -2.38. The molecule has 0 aromatic heterocycles. The predicted octanol–water partition coefficient (Wildman–Crippen LogP) is 0.825. The molecule has 1 N–H and O–H groups in total. The van der Waals surface area contributed by atoms with Gasteiger partial charge >= 0.3 is 5.97 Å². The molecule has 1 rings (SSSR count). The molecule has 16 heavy (non-hydrogen) atoms. The van der Waals surface area contributed by atoms with Crippen LogP contribution in [0, 0.1) is 0 Å². The van der Waals surface area contributed by atoms with Gasteiger partial charge in [-0.25, -0.2) is 13.1 Å². The first-order valence-electron chi connectivity index (χ1n) is 5.17. The zero-order valence-electron chi connectivity index (χ0n) is 9.11. The van der Waals surface area contributed by atoms with Crippen molar-refractivity contribution in [2.75, 3.05) is 13.7 Å². The van der Waals surface area contributed by atoms with Crippen LogP contribution in [-0.2, 0) is 19.6 Å². The third-order valence-corrected chi connectivity index (χ3v) is 5.53. The van der Waals surface area contributed by atoms with Crippen molar-refractivity contribution in [2.24, 2.45) is 0 Å². The van der Waals surface area contributed by atoms with Crippen molar-refractivity contribution in [1.29, 1.82) is 0 Å². The molecule has 1 unspecified atom stereocenters. The number of halogens is 1. The highest BCUT2D eigenvalue weighted by molar-refractivity contribution is 14.1. The summed E-state index contributed by atoms with van der Waals surface area (Å²) >= 11 is 1.87. The maximum atomic E-state index is 11.8. The average Bonchev–Trinajstić information content (AvgIpc) is 2.78. The van der Waals surface area contributed by atoms with E-state index >= 15 is 0 Å². The van der Waals surface area contributed by atoms with E-state index < -0.39 is 19.9 Å². The molecule has 0 radical (unpaired) electrons. The summed E-state index contributed by atoms with van der Waals surface area (Å²) in [6.45, 7) is 0.103. The summed E-state index contributed by atoms with van der Waals surface area (Å²) in [5, 5.41) is -0.284. The summed E-state index contributed by atoms with van der Waals surface area (Å²) in [5.74, 6) is -0.408. The van der Waals surface area contributed by atoms with Crippen molar-refractivity contribution in [1.82, 2.24) is 4.72 Å². The molecule has 0 spiro atoms. The van der Waals surface area contributed by atoms with Crippen LogP contribution < -0.4 is 4.72 Å². The Morgan fingerprint density at radius 1 is 1.50 bits per heavy atom. The number of ether oxygens (including phenoxy) is 1. The second kappa shape index (κ2) is 6.15. The van der Waals surface area contributed by atoms with Crippen LogP contribution in [0.25, 0.3) is 0 Å². The largest absolute Gasteiger partial charge is 0.468 e. The first kappa shape index (κ1) is 14.2. The number of hydrogen-bond donors (Lipinski definition) is 1. The standard InChI is InChI=1S/C9H16INO4S/c1-15-9(12)8(10)6-11-16(13,14)7-4-2-3-5-7/h7-8,11H,2-6H2,1H3. The lowest BCUT2D eigenvalue weighted by Gasteiger charge is -2.14. The zero-order chi connectivity index (χ0) is 12.2. The Morgan fingerprint density at radius 3 is 2.56 bits per heavy atom. The lowest BCUT2D eigenvalue weighted by atomic mass is 10.4. The second-order valence-electron chi connectivity index (χ2n) is 3.79. The Bertz CT molecular complexity index is 337. The summed E-state index contributed by atoms with van der Waals surface area (Å²) in [5.41, 5.74) is 0. The van der Waals surface area contributed by atoms with Crippen molar-refractivity contribution >= 4 is 38.6 Å². The summed E-state index contributed by atoms with van der Waals surface area (Å²) in [4.78, 5) is 11.1. The predicted molar refractivity (Wildman–Crippen MR) is 69.0 cm³/mol. The molecule has 0 aromatic rings. The molecule has 94 valence electrons. The molecule has 7 heteroatoms. The van der Waals surface area contributed by atoms with Crippen molar-refractivity contribution in [3.05, 3.63) is 0 Å². The Kier molecular flexibility index (Phi) is 5.45. The fourth-order valence-corrected chi connectivity index (χ4v) is 4.08. The first-order valence-corrected chi connectivity index (χ1v) is 7.97. The van der Waals surface area contributed by atoms with E-state index in [4.69, 9.17) is 0 Å². The number of sulfonamides is 1. The summed E-state index contributed by atoms with van der Waals surface area (Å²) < 4.78 is 30.1. The van der Waals surface area contributed by atoms with Crippen molar-refractivity contribution in [3.63, 3.8) is 0 Å². The van der Waals surface area contributed by atoms with Gasteiger partial charge in [0.25, 0.3) is 0 Å². The Labute approximate surface area is 110 Å². The van der Waals surface area contributed by atoms with E-state index in [0.717, 1.165) is 25.7 Å².